The molecule has 4 heteroatoms. The van der Waals surface area contributed by atoms with Crippen LogP contribution in [-0.4, -0.2) is 13.2 Å². The summed E-state index contributed by atoms with van der Waals surface area (Å²) in [5, 5.41) is 0. The van der Waals surface area contributed by atoms with Crippen LogP contribution < -0.4 is 9.78 Å². The van der Waals surface area contributed by atoms with E-state index >= 15 is 0 Å². The van der Waals surface area contributed by atoms with Crippen LogP contribution >= 0.6 is 0 Å². The van der Waals surface area contributed by atoms with Crippen molar-refractivity contribution in [2.45, 2.75) is 59.3 Å². The third kappa shape index (κ3) is 6.36. The van der Waals surface area contributed by atoms with Gasteiger partial charge in [-0.1, -0.05) is 46.6 Å². The van der Waals surface area contributed by atoms with Gasteiger partial charge in [0.05, 0.1) is 13.2 Å². The quantitative estimate of drug-likeness (QED) is 0.326. The van der Waals surface area contributed by atoms with E-state index in [9.17, 15) is 0 Å². The number of rotatable bonds is 11. The van der Waals surface area contributed by atoms with E-state index in [-0.39, 0.29) is 5.92 Å². The van der Waals surface area contributed by atoms with E-state index in [4.69, 9.17) is 19.6 Å². The van der Waals surface area contributed by atoms with Crippen LogP contribution in [0.4, 0.5) is 0 Å². The van der Waals surface area contributed by atoms with Crippen molar-refractivity contribution in [1.82, 2.24) is 0 Å². The molecule has 0 aliphatic carbocycles. The van der Waals surface area contributed by atoms with Gasteiger partial charge >= 0.3 is 0 Å². The Morgan fingerprint density at radius 2 is 1.33 bits per heavy atom. The Morgan fingerprint density at radius 3 is 1.71 bits per heavy atom. The van der Waals surface area contributed by atoms with E-state index in [2.05, 4.69) is 27.7 Å². The predicted molar refractivity (Wildman–Crippen MR) is 83.5 cm³/mol. The molecule has 21 heavy (non-hydrogen) atoms. The highest BCUT2D eigenvalue weighted by Gasteiger charge is 2.16. The zero-order valence-electron chi connectivity index (χ0n) is 13.7. The molecular formula is C17H28O4. The zero-order chi connectivity index (χ0) is 15.5. The minimum absolute atomic E-state index is 0.251. The van der Waals surface area contributed by atoms with Gasteiger partial charge in [0, 0.05) is 5.56 Å². The zero-order valence-corrected chi connectivity index (χ0v) is 13.7. The average Bonchev–Trinajstić information content (AvgIpc) is 2.48. The Balaban J connectivity index is 2.69. The largest absolute Gasteiger partial charge is 0.337 e. The maximum atomic E-state index is 5.43. The third-order valence-electron chi connectivity index (χ3n) is 3.06. The van der Waals surface area contributed by atoms with Gasteiger partial charge in [-0.05, 0) is 30.9 Å². The fraction of sp³-hybridized carbons (Fsp3) is 0.647. The van der Waals surface area contributed by atoms with Crippen LogP contribution in [0.2, 0.25) is 0 Å². The van der Waals surface area contributed by atoms with Gasteiger partial charge in [-0.25, -0.2) is 0 Å². The molecule has 0 aliphatic rings. The second-order valence-electron chi connectivity index (χ2n) is 5.34. The van der Waals surface area contributed by atoms with E-state index < -0.39 is 0 Å². The van der Waals surface area contributed by atoms with Gasteiger partial charge in [-0.3, -0.25) is 0 Å². The fourth-order valence-electron chi connectivity index (χ4n) is 1.86. The highest BCUT2D eigenvalue weighted by atomic mass is 17.2. The minimum atomic E-state index is 0.251. The van der Waals surface area contributed by atoms with Gasteiger partial charge in [0.1, 0.15) is 0 Å². The van der Waals surface area contributed by atoms with Crippen LogP contribution in [0.15, 0.2) is 18.2 Å². The van der Waals surface area contributed by atoms with Gasteiger partial charge in [-0.2, -0.15) is 9.78 Å². The molecule has 0 unspecified atom stereocenters. The summed E-state index contributed by atoms with van der Waals surface area (Å²) in [5.74, 6) is 1.64. The Hall–Kier alpha value is -1.26. The monoisotopic (exact) mass is 296 g/mol. The van der Waals surface area contributed by atoms with Crippen molar-refractivity contribution in [3.8, 4) is 11.5 Å². The summed E-state index contributed by atoms with van der Waals surface area (Å²) in [6.45, 7) is 9.59. The molecule has 0 spiro atoms. The van der Waals surface area contributed by atoms with Crippen molar-refractivity contribution in [2.75, 3.05) is 13.2 Å². The first kappa shape index (κ1) is 17.8. The topological polar surface area (TPSA) is 36.9 Å². The second-order valence-corrected chi connectivity index (χ2v) is 5.34. The van der Waals surface area contributed by atoms with Crippen LogP contribution in [0.5, 0.6) is 11.5 Å². The normalized spacial score (nSPS) is 10.9. The van der Waals surface area contributed by atoms with Gasteiger partial charge in [0.25, 0.3) is 0 Å². The highest BCUT2D eigenvalue weighted by molar-refractivity contribution is 5.46. The molecule has 0 heterocycles. The lowest BCUT2D eigenvalue weighted by molar-refractivity contribution is -0.214. The third-order valence-corrected chi connectivity index (χ3v) is 3.06. The van der Waals surface area contributed by atoms with Gasteiger partial charge in [0.15, 0.2) is 11.5 Å². The SMILES string of the molecule is CCCCOOc1cccc(OOCCCC)c1C(C)C. The van der Waals surface area contributed by atoms with Gasteiger partial charge in [0.2, 0.25) is 0 Å². The molecule has 1 rings (SSSR count). The van der Waals surface area contributed by atoms with Crippen LogP contribution in [-0.2, 0) is 9.78 Å². The molecule has 4 nitrogen and oxygen atoms in total. The maximum Gasteiger partial charge on any atom is 0.172 e. The summed E-state index contributed by atoms with van der Waals surface area (Å²) < 4.78 is 0. The van der Waals surface area contributed by atoms with E-state index in [0.717, 1.165) is 31.2 Å². The highest BCUT2D eigenvalue weighted by Crippen LogP contribution is 2.35. The summed E-state index contributed by atoms with van der Waals surface area (Å²) in [5.41, 5.74) is 0.963. The summed E-state index contributed by atoms with van der Waals surface area (Å²) in [6, 6.07) is 5.66. The lowest BCUT2D eigenvalue weighted by Gasteiger charge is -2.16. The number of hydrogen-bond acceptors (Lipinski definition) is 4. The number of benzene rings is 1. The molecule has 0 N–H and O–H groups in total. The van der Waals surface area contributed by atoms with Crippen LogP contribution in [0.1, 0.15) is 64.9 Å². The first-order chi connectivity index (χ1) is 10.2. The smallest absolute Gasteiger partial charge is 0.172 e. The number of unbranched alkanes of at least 4 members (excludes halogenated alkanes) is 2. The Labute approximate surface area is 128 Å². The second kappa shape index (κ2) is 10.5. The molecule has 120 valence electrons. The summed E-state index contributed by atoms with van der Waals surface area (Å²) in [7, 11) is 0. The van der Waals surface area contributed by atoms with Crippen molar-refractivity contribution >= 4 is 0 Å². The van der Waals surface area contributed by atoms with Crippen LogP contribution in [0, 0.1) is 0 Å². The standard InChI is InChI=1S/C17H28O4/c1-5-7-12-18-20-15-10-9-11-16(17(15)14(3)4)21-19-13-8-6-2/h9-11,14H,5-8,12-13H2,1-4H3. The molecule has 0 saturated carbocycles. The van der Waals surface area contributed by atoms with Crippen molar-refractivity contribution in [2.24, 2.45) is 0 Å². The van der Waals surface area contributed by atoms with E-state index in [1.807, 2.05) is 18.2 Å². The average molecular weight is 296 g/mol. The number of hydrogen-bond donors (Lipinski definition) is 0. The first-order valence-corrected chi connectivity index (χ1v) is 7.92. The molecular weight excluding hydrogens is 268 g/mol. The van der Waals surface area contributed by atoms with Crippen molar-refractivity contribution in [3.05, 3.63) is 23.8 Å². The van der Waals surface area contributed by atoms with E-state index in [1.54, 1.807) is 0 Å². The molecule has 0 radical (unpaired) electrons. The van der Waals surface area contributed by atoms with Crippen molar-refractivity contribution in [1.29, 1.82) is 0 Å². The van der Waals surface area contributed by atoms with Gasteiger partial charge in [-0.15, -0.1) is 0 Å². The minimum Gasteiger partial charge on any atom is -0.337 e. The predicted octanol–water partition coefficient (Wildman–Crippen LogP) is 5.03. The maximum absolute atomic E-state index is 5.43. The van der Waals surface area contributed by atoms with E-state index in [0.29, 0.717) is 24.7 Å². The van der Waals surface area contributed by atoms with Crippen molar-refractivity contribution in [3.63, 3.8) is 0 Å². The van der Waals surface area contributed by atoms with E-state index in [1.165, 1.54) is 0 Å². The summed E-state index contributed by atoms with van der Waals surface area (Å²) in [6.07, 6.45) is 4.12. The van der Waals surface area contributed by atoms with Crippen LogP contribution in [0.25, 0.3) is 0 Å². The summed E-state index contributed by atoms with van der Waals surface area (Å²) in [4.78, 5) is 21.4. The molecule has 0 saturated heterocycles. The molecule has 1 aromatic rings. The molecule has 0 aliphatic heterocycles. The summed E-state index contributed by atoms with van der Waals surface area (Å²) >= 11 is 0. The Morgan fingerprint density at radius 1 is 0.857 bits per heavy atom. The first-order valence-electron chi connectivity index (χ1n) is 7.92. The lowest BCUT2D eigenvalue weighted by Crippen LogP contribution is -2.06. The molecule has 0 fully saturated rings. The Bertz CT molecular complexity index is 360. The Kier molecular flexibility index (Phi) is 8.87. The molecule has 0 amide bonds. The van der Waals surface area contributed by atoms with Crippen LogP contribution in [0.3, 0.4) is 0 Å². The molecule has 0 atom stereocenters. The molecule has 0 aromatic heterocycles. The molecule has 1 aromatic carbocycles. The van der Waals surface area contributed by atoms with Gasteiger partial charge < -0.3 is 9.78 Å². The van der Waals surface area contributed by atoms with Crippen molar-refractivity contribution < 1.29 is 19.6 Å². The lowest BCUT2D eigenvalue weighted by atomic mass is 10.0. The fourth-order valence-corrected chi connectivity index (χ4v) is 1.86. The molecule has 0 bridgehead atoms.